The standard InChI is InChI=1S/C14H13N3S/c1-10-4-5-12-13(7-10)17-14(16-12)18-9-11-3-2-6-15-8-11/h2-8H,9H2,1H3,(H,16,17). The topological polar surface area (TPSA) is 41.6 Å². The zero-order chi connectivity index (χ0) is 12.4. The van der Waals surface area contributed by atoms with Crippen LogP contribution in [0.4, 0.5) is 0 Å². The maximum absolute atomic E-state index is 4.56. The van der Waals surface area contributed by atoms with Crippen molar-refractivity contribution in [1.82, 2.24) is 15.0 Å². The van der Waals surface area contributed by atoms with Crippen LogP contribution in [0.25, 0.3) is 11.0 Å². The fraction of sp³-hybridized carbons (Fsp3) is 0.143. The van der Waals surface area contributed by atoms with E-state index in [1.165, 1.54) is 11.1 Å². The van der Waals surface area contributed by atoms with Crippen LogP contribution in [0.3, 0.4) is 0 Å². The quantitative estimate of drug-likeness (QED) is 0.728. The zero-order valence-corrected chi connectivity index (χ0v) is 10.9. The second-order valence-corrected chi connectivity index (χ2v) is 5.18. The van der Waals surface area contributed by atoms with E-state index in [1.807, 2.05) is 12.3 Å². The van der Waals surface area contributed by atoms with Crippen molar-refractivity contribution in [1.29, 1.82) is 0 Å². The maximum atomic E-state index is 4.56. The predicted octanol–water partition coefficient (Wildman–Crippen LogP) is 3.56. The molecule has 0 radical (unpaired) electrons. The summed E-state index contributed by atoms with van der Waals surface area (Å²) in [6.45, 7) is 2.09. The highest BCUT2D eigenvalue weighted by molar-refractivity contribution is 7.98. The third-order valence-electron chi connectivity index (χ3n) is 2.71. The molecule has 1 N–H and O–H groups in total. The number of H-pyrrole nitrogens is 1. The van der Waals surface area contributed by atoms with Gasteiger partial charge in [-0.25, -0.2) is 4.98 Å². The van der Waals surface area contributed by atoms with Gasteiger partial charge in [0.15, 0.2) is 5.16 Å². The number of aromatic nitrogens is 3. The fourth-order valence-electron chi connectivity index (χ4n) is 1.80. The molecule has 0 saturated carbocycles. The summed E-state index contributed by atoms with van der Waals surface area (Å²) in [6.07, 6.45) is 3.68. The lowest BCUT2D eigenvalue weighted by Crippen LogP contribution is -1.82. The molecule has 1 aromatic carbocycles. The van der Waals surface area contributed by atoms with Gasteiger partial charge >= 0.3 is 0 Å². The first-order valence-electron chi connectivity index (χ1n) is 5.79. The molecule has 0 atom stereocenters. The van der Waals surface area contributed by atoms with Crippen LogP contribution in [-0.2, 0) is 5.75 Å². The molecule has 0 aliphatic carbocycles. The molecule has 0 fully saturated rings. The van der Waals surface area contributed by atoms with Crippen molar-refractivity contribution in [2.45, 2.75) is 17.8 Å². The van der Waals surface area contributed by atoms with Crippen molar-refractivity contribution in [2.75, 3.05) is 0 Å². The summed E-state index contributed by atoms with van der Waals surface area (Å²) in [6, 6.07) is 10.3. The molecule has 4 heteroatoms. The Hall–Kier alpha value is -1.81. The van der Waals surface area contributed by atoms with Crippen LogP contribution in [-0.4, -0.2) is 15.0 Å². The van der Waals surface area contributed by atoms with Crippen molar-refractivity contribution in [3.63, 3.8) is 0 Å². The Morgan fingerprint density at radius 3 is 3.06 bits per heavy atom. The Kier molecular flexibility index (Phi) is 3.02. The number of rotatable bonds is 3. The molecule has 0 amide bonds. The summed E-state index contributed by atoms with van der Waals surface area (Å²) >= 11 is 1.70. The van der Waals surface area contributed by atoms with Crippen LogP contribution < -0.4 is 0 Å². The van der Waals surface area contributed by atoms with E-state index in [2.05, 4.69) is 46.1 Å². The number of pyridine rings is 1. The normalized spacial score (nSPS) is 10.9. The number of nitrogens with zero attached hydrogens (tertiary/aromatic N) is 2. The molecule has 3 aromatic rings. The molecular formula is C14H13N3S. The molecule has 0 bridgehead atoms. The minimum Gasteiger partial charge on any atom is -0.333 e. The summed E-state index contributed by atoms with van der Waals surface area (Å²) in [7, 11) is 0. The first-order valence-corrected chi connectivity index (χ1v) is 6.78. The molecule has 90 valence electrons. The lowest BCUT2D eigenvalue weighted by Gasteiger charge is -1.96. The number of aromatic amines is 1. The van der Waals surface area contributed by atoms with Gasteiger partial charge in [-0.2, -0.15) is 0 Å². The Morgan fingerprint density at radius 2 is 2.22 bits per heavy atom. The number of hydrogen-bond acceptors (Lipinski definition) is 3. The van der Waals surface area contributed by atoms with Crippen LogP contribution in [0.5, 0.6) is 0 Å². The van der Waals surface area contributed by atoms with Gasteiger partial charge in [-0.05, 0) is 36.2 Å². The highest BCUT2D eigenvalue weighted by Crippen LogP contribution is 2.23. The Balaban J connectivity index is 1.79. The summed E-state index contributed by atoms with van der Waals surface area (Å²) < 4.78 is 0. The van der Waals surface area contributed by atoms with Crippen molar-refractivity contribution < 1.29 is 0 Å². The zero-order valence-electron chi connectivity index (χ0n) is 10.1. The third-order valence-corrected chi connectivity index (χ3v) is 3.66. The number of nitrogens with one attached hydrogen (secondary N) is 1. The second-order valence-electron chi connectivity index (χ2n) is 4.21. The number of fused-ring (bicyclic) bond motifs is 1. The molecule has 2 heterocycles. The van der Waals surface area contributed by atoms with Crippen LogP contribution in [0.1, 0.15) is 11.1 Å². The Bertz CT molecular complexity index is 661. The third kappa shape index (κ3) is 2.38. The SMILES string of the molecule is Cc1ccc2nc(SCc3cccnc3)[nH]c2c1. The minimum atomic E-state index is 0.882. The van der Waals surface area contributed by atoms with E-state index in [1.54, 1.807) is 18.0 Å². The molecule has 3 nitrogen and oxygen atoms in total. The van der Waals surface area contributed by atoms with E-state index >= 15 is 0 Å². The molecule has 0 saturated heterocycles. The van der Waals surface area contributed by atoms with Crippen LogP contribution in [0, 0.1) is 6.92 Å². The number of imidazole rings is 1. The van der Waals surface area contributed by atoms with Crippen molar-refractivity contribution >= 4 is 22.8 Å². The van der Waals surface area contributed by atoms with Gasteiger partial charge in [-0.15, -0.1) is 0 Å². The van der Waals surface area contributed by atoms with E-state index in [0.717, 1.165) is 21.9 Å². The van der Waals surface area contributed by atoms with E-state index in [-0.39, 0.29) is 0 Å². The second kappa shape index (κ2) is 4.82. The fourth-order valence-corrected chi connectivity index (χ4v) is 2.62. The van der Waals surface area contributed by atoms with Crippen LogP contribution >= 0.6 is 11.8 Å². The summed E-state index contributed by atoms with van der Waals surface area (Å²) in [5, 5.41) is 0.958. The first-order chi connectivity index (χ1) is 8.81. The van der Waals surface area contributed by atoms with Gasteiger partial charge in [-0.1, -0.05) is 23.9 Å². The number of aryl methyl sites for hydroxylation is 1. The number of benzene rings is 1. The van der Waals surface area contributed by atoms with Gasteiger partial charge in [0, 0.05) is 18.1 Å². The molecule has 0 spiro atoms. The molecular weight excluding hydrogens is 242 g/mol. The molecule has 2 aromatic heterocycles. The van der Waals surface area contributed by atoms with E-state index < -0.39 is 0 Å². The summed E-state index contributed by atoms with van der Waals surface area (Å²) in [5.74, 6) is 0.882. The summed E-state index contributed by atoms with van der Waals surface area (Å²) in [5.41, 5.74) is 4.58. The monoisotopic (exact) mass is 255 g/mol. The summed E-state index contributed by atoms with van der Waals surface area (Å²) in [4.78, 5) is 12.0. The molecule has 3 rings (SSSR count). The lowest BCUT2D eigenvalue weighted by molar-refractivity contribution is 1.08. The van der Waals surface area contributed by atoms with E-state index in [0.29, 0.717) is 0 Å². The predicted molar refractivity (Wildman–Crippen MR) is 74.6 cm³/mol. The molecule has 0 aliphatic rings. The van der Waals surface area contributed by atoms with Crippen LogP contribution in [0.2, 0.25) is 0 Å². The van der Waals surface area contributed by atoms with Gasteiger partial charge in [0.25, 0.3) is 0 Å². The largest absolute Gasteiger partial charge is 0.333 e. The van der Waals surface area contributed by atoms with Gasteiger partial charge < -0.3 is 4.98 Å². The number of thioether (sulfide) groups is 1. The molecule has 0 unspecified atom stereocenters. The van der Waals surface area contributed by atoms with Crippen molar-refractivity contribution in [3.05, 3.63) is 53.9 Å². The van der Waals surface area contributed by atoms with Gasteiger partial charge in [0.05, 0.1) is 11.0 Å². The average molecular weight is 255 g/mol. The highest BCUT2D eigenvalue weighted by atomic mass is 32.2. The van der Waals surface area contributed by atoms with Crippen molar-refractivity contribution in [2.24, 2.45) is 0 Å². The van der Waals surface area contributed by atoms with Gasteiger partial charge in [-0.3, -0.25) is 4.98 Å². The number of hydrogen-bond donors (Lipinski definition) is 1. The highest BCUT2D eigenvalue weighted by Gasteiger charge is 2.03. The minimum absolute atomic E-state index is 0.882. The van der Waals surface area contributed by atoms with Gasteiger partial charge in [0.2, 0.25) is 0 Å². The smallest absolute Gasteiger partial charge is 0.166 e. The molecule has 18 heavy (non-hydrogen) atoms. The van der Waals surface area contributed by atoms with Crippen LogP contribution in [0.15, 0.2) is 47.9 Å². The van der Waals surface area contributed by atoms with E-state index in [9.17, 15) is 0 Å². The van der Waals surface area contributed by atoms with E-state index in [4.69, 9.17) is 0 Å². The average Bonchev–Trinajstić information content (AvgIpc) is 2.79. The lowest BCUT2D eigenvalue weighted by atomic mass is 10.2. The molecule has 0 aliphatic heterocycles. The first kappa shape index (κ1) is 11.3. The van der Waals surface area contributed by atoms with Crippen molar-refractivity contribution in [3.8, 4) is 0 Å². The Labute approximate surface area is 110 Å². The Morgan fingerprint density at radius 1 is 1.28 bits per heavy atom. The maximum Gasteiger partial charge on any atom is 0.166 e. The van der Waals surface area contributed by atoms with Gasteiger partial charge in [0.1, 0.15) is 0 Å².